The van der Waals surface area contributed by atoms with Crippen LogP contribution in [0.15, 0.2) is 0 Å². The number of carboxylic acids is 4. The second-order valence-corrected chi connectivity index (χ2v) is 7.27. The molecule has 1 atom stereocenters. The highest BCUT2D eigenvalue weighted by Crippen LogP contribution is 2.30. The van der Waals surface area contributed by atoms with Crippen LogP contribution in [-0.4, -0.2) is 44.3 Å². The Bertz CT molecular complexity index is 450. The topological polar surface area (TPSA) is 149 Å². The zero-order valence-electron chi connectivity index (χ0n) is 16.6. The van der Waals surface area contributed by atoms with Crippen LogP contribution in [0.25, 0.3) is 0 Å². The summed E-state index contributed by atoms with van der Waals surface area (Å²) < 4.78 is 0. The first kappa shape index (κ1) is 27.1. The SMILES string of the molecule is CC(CCC(=O)O)C(C)(C)C(=O)O.O=C(O)CCCCCCCCC(=O)O. The average Bonchev–Trinajstić information content (AvgIpc) is 2.54. The third-order valence-corrected chi connectivity index (χ3v) is 4.61. The molecular weight excluding hydrogens is 356 g/mol. The fraction of sp³-hybridized carbons (Fsp3) is 0.789. The van der Waals surface area contributed by atoms with E-state index in [1.54, 1.807) is 20.8 Å². The van der Waals surface area contributed by atoms with Crippen LogP contribution in [0.4, 0.5) is 0 Å². The fourth-order valence-electron chi connectivity index (χ4n) is 2.17. The second kappa shape index (κ2) is 15.0. The normalized spacial score (nSPS) is 11.8. The zero-order valence-corrected chi connectivity index (χ0v) is 16.6. The van der Waals surface area contributed by atoms with Gasteiger partial charge in [-0.05, 0) is 39.0 Å². The molecule has 1 unspecified atom stereocenters. The summed E-state index contributed by atoms with van der Waals surface area (Å²) in [7, 11) is 0. The summed E-state index contributed by atoms with van der Waals surface area (Å²) >= 11 is 0. The van der Waals surface area contributed by atoms with Crippen molar-refractivity contribution in [3.63, 3.8) is 0 Å². The molecule has 0 aliphatic carbocycles. The van der Waals surface area contributed by atoms with Gasteiger partial charge in [-0.1, -0.05) is 32.6 Å². The summed E-state index contributed by atoms with van der Waals surface area (Å²) in [5.41, 5.74) is -0.852. The highest BCUT2D eigenvalue weighted by molar-refractivity contribution is 5.74. The lowest BCUT2D eigenvalue weighted by Gasteiger charge is -2.26. The third kappa shape index (κ3) is 17.1. The predicted octanol–water partition coefficient (Wildman–Crippen LogP) is 3.87. The van der Waals surface area contributed by atoms with E-state index in [-0.39, 0.29) is 25.2 Å². The molecule has 8 heteroatoms. The minimum absolute atomic E-state index is 0.0257. The molecule has 8 nitrogen and oxygen atoms in total. The van der Waals surface area contributed by atoms with Crippen molar-refractivity contribution in [2.45, 2.75) is 85.0 Å². The van der Waals surface area contributed by atoms with Crippen molar-refractivity contribution in [3.8, 4) is 0 Å². The van der Waals surface area contributed by atoms with Gasteiger partial charge in [-0.25, -0.2) is 0 Å². The van der Waals surface area contributed by atoms with E-state index < -0.39 is 29.3 Å². The number of rotatable bonds is 14. The minimum Gasteiger partial charge on any atom is -0.481 e. The van der Waals surface area contributed by atoms with E-state index in [9.17, 15) is 19.2 Å². The number of hydrogen-bond donors (Lipinski definition) is 4. The summed E-state index contributed by atoms with van der Waals surface area (Å²) in [6.45, 7) is 4.99. The maximum atomic E-state index is 10.8. The van der Waals surface area contributed by atoms with Gasteiger partial charge < -0.3 is 20.4 Å². The van der Waals surface area contributed by atoms with Crippen LogP contribution in [0, 0.1) is 11.3 Å². The van der Waals surface area contributed by atoms with Crippen molar-refractivity contribution in [2.75, 3.05) is 0 Å². The standard InChI is InChI=1S/C10H18O4.C9H16O4/c11-9(12)7-5-3-1-2-4-6-8-10(13)14;1-6(4-5-7(10)11)9(2,3)8(12)13/h1-8H2,(H,11,12)(H,13,14);6H,4-5H2,1-3H3,(H,10,11)(H,12,13). The number of unbranched alkanes of at least 4 members (excludes halogenated alkanes) is 5. The van der Waals surface area contributed by atoms with Gasteiger partial charge in [-0.2, -0.15) is 0 Å². The van der Waals surface area contributed by atoms with Crippen LogP contribution in [0.3, 0.4) is 0 Å². The highest BCUT2D eigenvalue weighted by Gasteiger charge is 2.33. The first-order valence-corrected chi connectivity index (χ1v) is 9.30. The van der Waals surface area contributed by atoms with Gasteiger partial charge in [0.25, 0.3) is 0 Å². The molecule has 0 spiro atoms. The summed E-state index contributed by atoms with van der Waals surface area (Å²) in [4.78, 5) is 41.3. The van der Waals surface area contributed by atoms with E-state index in [4.69, 9.17) is 20.4 Å². The van der Waals surface area contributed by atoms with Crippen molar-refractivity contribution < 1.29 is 39.6 Å². The van der Waals surface area contributed by atoms with Gasteiger partial charge in [0.1, 0.15) is 0 Å². The van der Waals surface area contributed by atoms with Gasteiger partial charge in [-0.15, -0.1) is 0 Å². The van der Waals surface area contributed by atoms with Crippen LogP contribution in [0.5, 0.6) is 0 Å². The van der Waals surface area contributed by atoms with Crippen LogP contribution in [0.2, 0.25) is 0 Å². The van der Waals surface area contributed by atoms with Crippen molar-refractivity contribution in [3.05, 3.63) is 0 Å². The van der Waals surface area contributed by atoms with Crippen LogP contribution in [-0.2, 0) is 19.2 Å². The molecule has 27 heavy (non-hydrogen) atoms. The lowest BCUT2D eigenvalue weighted by atomic mass is 9.78. The Morgan fingerprint density at radius 1 is 0.667 bits per heavy atom. The third-order valence-electron chi connectivity index (χ3n) is 4.61. The summed E-state index contributed by atoms with van der Waals surface area (Å²) in [6, 6.07) is 0. The molecule has 0 radical (unpaired) electrons. The molecule has 0 amide bonds. The van der Waals surface area contributed by atoms with Crippen molar-refractivity contribution >= 4 is 23.9 Å². The number of hydrogen-bond acceptors (Lipinski definition) is 4. The first-order valence-electron chi connectivity index (χ1n) is 9.30. The van der Waals surface area contributed by atoms with Crippen molar-refractivity contribution in [2.24, 2.45) is 11.3 Å². The molecule has 0 aliphatic heterocycles. The maximum absolute atomic E-state index is 10.8. The van der Waals surface area contributed by atoms with E-state index in [2.05, 4.69) is 0 Å². The molecule has 0 saturated carbocycles. The quantitative estimate of drug-likeness (QED) is 0.326. The summed E-state index contributed by atoms with van der Waals surface area (Å²) in [5.74, 6) is -3.38. The Hall–Kier alpha value is -2.12. The fourth-order valence-corrected chi connectivity index (χ4v) is 2.17. The highest BCUT2D eigenvalue weighted by atomic mass is 16.4. The molecular formula is C19H34O8. The summed E-state index contributed by atoms with van der Waals surface area (Å²) in [5, 5.41) is 33.9. The van der Waals surface area contributed by atoms with Gasteiger partial charge in [0.2, 0.25) is 0 Å². The van der Waals surface area contributed by atoms with E-state index >= 15 is 0 Å². The van der Waals surface area contributed by atoms with E-state index in [0.717, 1.165) is 38.5 Å². The molecule has 0 aromatic carbocycles. The van der Waals surface area contributed by atoms with E-state index in [0.29, 0.717) is 6.42 Å². The van der Waals surface area contributed by atoms with Gasteiger partial charge in [0, 0.05) is 19.3 Å². The predicted molar refractivity (Wildman–Crippen MR) is 99.7 cm³/mol. The Morgan fingerprint density at radius 3 is 1.30 bits per heavy atom. The smallest absolute Gasteiger partial charge is 0.309 e. The van der Waals surface area contributed by atoms with Gasteiger partial charge in [0.05, 0.1) is 5.41 Å². The molecule has 0 fully saturated rings. The first-order chi connectivity index (χ1) is 12.4. The lowest BCUT2D eigenvalue weighted by Crippen LogP contribution is -2.31. The van der Waals surface area contributed by atoms with E-state index in [1.165, 1.54) is 0 Å². The Balaban J connectivity index is 0. The van der Waals surface area contributed by atoms with Crippen molar-refractivity contribution in [1.29, 1.82) is 0 Å². The molecule has 158 valence electrons. The number of aliphatic carboxylic acids is 4. The van der Waals surface area contributed by atoms with Gasteiger partial charge >= 0.3 is 23.9 Å². The maximum Gasteiger partial charge on any atom is 0.309 e. The molecule has 0 heterocycles. The molecule has 4 N–H and O–H groups in total. The molecule has 0 aliphatic rings. The van der Waals surface area contributed by atoms with Crippen LogP contribution in [0.1, 0.15) is 85.0 Å². The Morgan fingerprint density at radius 2 is 1.00 bits per heavy atom. The largest absolute Gasteiger partial charge is 0.481 e. The second-order valence-electron chi connectivity index (χ2n) is 7.27. The lowest BCUT2D eigenvalue weighted by molar-refractivity contribution is -0.150. The van der Waals surface area contributed by atoms with Crippen molar-refractivity contribution in [1.82, 2.24) is 0 Å². The van der Waals surface area contributed by atoms with E-state index in [1.807, 2.05) is 0 Å². The Labute approximate surface area is 160 Å². The molecule has 0 rings (SSSR count). The monoisotopic (exact) mass is 390 g/mol. The molecule has 0 aromatic heterocycles. The molecule has 0 bridgehead atoms. The van der Waals surface area contributed by atoms with Crippen LogP contribution >= 0.6 is 0 Å². The zero-order chi connectivity index (χ0) is 21.5. The van der Waals surface area contributed by atoms with Gasteiger partial charge in [-0.3, -0.25) is 19.2 Å². The Kier molecular flexibility index (Phi) is 15.0. The molecule has 0 saturated heterocycles. The minimum atomic E-state index is -0.884. The number of carboxylic acid groups (broad SMARTS) is 4. The number of carbonyl (C=O) groups is 4. The van der Waals surface area contributed by atoms with Crippen LogP contribution < -0.4 is 0 Å². The average molecular weight is 390 g/mol. The summed E-state index contributed by atoms with van der Waals surface area (Å²) in [6.07, 6.45) is 6.25. The molecule has 0 aromatic rings. The van der Waals surface area contributed by atoms with Gasteiger partial charge in [0.15, 0.2) is 0 Å².